The number of anilines is 1. The van der Waals surface area contributed by atoms with E-state index in [1.807, 2.05) is 31.2 Å². The number of esters is 1. The fourth-order valence-electron chi connectivity index (χ4n) is 3.10. The molecule has 1 aliphatic rings. The van der Waals surface area contributed by atoms with E-state index in [0.29, 0.717) is 10.6 Å². The number of carbonyl (C=O) groups is 2. The van der Waals surface area contributed by atoms with Gasteiger partial charge in [0.05, 0.1) is 25.0 Å². The molecule has 1 amide bonds. The highest BCUT2D eigenvalue weighted by molar-refractivity contribution is 8.00. The largest absolute Gasteiger partial charge is 0.497 e. The zero-order valence-electron chi connectivity index (χ0n) is 15.7. The van der Waals surface area contributed by atoms with Crippen molar-refractivity contribution in [3.8, 4) is 5.75 Å². The molecule has 27 heavy (non-hydrogen) atoms. The SMILES string of the molecule is COC(=O)c1c(NC(=O)C(C)Sc2ccc(OC)cc2)sc2c1CCCC2. The molecule has 5 nitrogen and oxygen atoms in total. The molecule has 0 saturated carbocycles. The van der Waals surface area contributed by atoms with Gasteiger partial charge in [-0.2, -0.15) is 0 Å². The van der Waals surface area contributed by atoms with E-state index in [1.54, 1.807) is 7.11 Å². The van der Waals surface area contributed by atoms with E-state index in [0.717, 1.165) is 41.9 Å². The van der Waals surface area contributed by atoms with Crippen LogP contribution in [0.4, 0.5) is 5.00 Å². The van der Waals surface area contributed by atoms with Crippen molar-refractivity contribution in [2.24, 2.45) is 0 Å². The second-order valence-corrected chi connectivity index (χ2v) is 8.85. The van der Waals surface area contributed by atoms with Crippen LogP contribution in [0, 0.1) is 0 Å². The molecule has 1 aliphatic carbocycles. The zero-order valence-corrected chi connectivity index (χ0v) is 17.3. The lowest BCUT2D eigenvalue weighted by Crippen LogP contribution is -2.23. The number of amides is 1. The van der Waals surface area contributed by atoms with Gasteiger partial charge in [-0.1, -0.05) is 0 Å². The van der Waals surface area contributed by atoms with Crippen LogP contribution in [0.2, 0.25) is 0 Å². The molecule has 2 aromatic rings. The monoisotopic (exact) mass is 405 g/mol. The molecule has 7 heteroatoms. The van der Waals surface area contributed by atoms with Crippen LogP contribution in [0.25, 0.3) is 0 Å². The molecule has 1 aromatic heterocycles. The van der Waals surface area contributed by atoms with Crippen LogP contribution < -0.4 is 10.1 Å². The van der Waals surface area contributed by atoms with Crippen LogP contribution in [-0.4, -0.2) is 31.3 Å². The van der Waals surface area contributed by atoms with E-state index in [4.69, 9.17) is 9.47 Å². The van der Waals surface area contributed by atoms with Crippen LogP contribution >= 0.6 is 23.1 Å². The first-order valence-electron chi connectivity index (χ1n) is 8.88. The average Bonchev–Trinajstić information content (AvgIpc) is 3.05. The lowest BCUT2D eigenvalue weighted by atomic mass is 9.95. The van der Waals surface area contributed by atoms with Crippen LogP contribution in [-0.2, 0) is 22.4 Å². The molecule has 1 atom stereocenters. The maximum absolute atomic E-state index is 12.7. The van der Waals surface area contributed by atoms with E-state index in [9.17, 15) is 9.59 Å². The van der Waals surface area contributed by atoms with Gasteiger partial charge in [-0.05, 0) is 62.4 Å². The van der Waals surface area contributed by atoms with Gasteiger partial charge in [0.1, 0.15) is 10.8 Å². The average molecular weight is 406 g/mol. The maximum atomic E-state index is 12.7. The van der Waals surface area contributed by atoms with E-state index >= 15 is 0 Å². The molecule has 0 saturated heterocycles. The zero-order chi connectivity index (χ0) is 19.4. The summed E-state index contributed by atoms with van der Waals surface area (Å²) in [5.74, 6) is 0.281. The van der Waals surface area contributed by atoms with E-state index in [-0.39, 0.29) is 17.1 Å². The summed E-state index contributed by atoms with van der Waals surface area (Å²) in [6.45, 7) is 1.86. The van der Waals surface area contributed by atoms with Crippen molar-refractivity contribution in [1.29, 1.82) is 0 Å². The van der Waals surface area contributed by atoms with Gasteiger partial charge in [0.25, 0.3) is 0 Å². The summed E-state index contributed by atoms with van der Waals surface area (Å²) in [4.78, 5) is 27.2. The van der Waals surface area contributed by atoms with Gasteiger partial charge in [-0.3, -0.25) is 4.79 Å². The number of thioether (sulfide) groups is 1. The number of hydrogen-bond acceptors (Lipinski definition) is 6. The normalized spacial score (nSPS) is 14.2. The number of carbonyl (C=O) groups excluding carboxylic acids is 2. The summed E-state index contributed by atoms with van der Waals surface area (Å²) < 4.78 is 10.1. The summed E-state index contributed by atoms with van der Waals surface area (Å²) in [6, 6.07) is 7.60. The fraction of sp³-hybridized carbons (Fsp3) is 0.400. The van der Waals surface area contributed by atoms with Crippen molar-refractivity contribution in [2.45, 2.75) is 42.8 Å². The van der Waals surface area contributed by atoms with Crippen LogP contribution in [0.1, 0.15) is 40.6 Å². The highest BCUT2D eigenvalue weighted by Crippen LogP contribution is 2.39. The standard InChI is InChI=1S/C20H23NO4S2/c1-12(26-14-10-8-13(24-2)9-11-14)18(22)21-19-17(20(23)25-3)15-6-4-5-7-16(15)27-19/h8-12H,4-7H2,1-3H3,(H,21,22). The third kappa shape index (κ3) is 4.47. The molecular formula is C20H23NO4S2. The first kappa shape index (κ1) is 19.8. The Labute approximate surface area is 167 Å². The molecule has 1 N–H and O–H groups in total. The van der Waals surface area contributed by atoms with Gasteiger partial charge in [-0.25, -0.2) is 4.79 Å². The van der Waals surface area contributed by atoms with Crippen molar-refractivity contribution in [3.63, 3.8) is 0 Å². The molecule has 1 unspecified atom stereocenters. The number of methoxy groups -OCH3 is 2. The highest BCUT2D eigenvalue weighted by Gasteiger charge is 2.28. The molecule has 0 aliphatic heterocycles. The van der Waals surface area contributed by atoms with E-state index in [2.05, 4.69) is 5.32 Å². The quantitative estimate of drug-likeness (QED) is 0.565. The Balaban J connectivity index is 1.74. The Morgan fingerprint density at radius 3 is 2.52 bits per heavy atom. The van der Waals surface area contributed by atoms with E-state index in [1.165, 1.54) is 35.1 Å². The maximum Gasteiger partial charge on any atom is 0.341 e. The second-order valence-electron chi connectivity index (χ2n) is 6.33. The predicted octanol–water partition coefficient (Wildman–Crippen LogP) is 4.54. The van der Waals surface area contributed by atoms with Crippen molar-refractivity contribution >= 4 is 40.0 Å². The van der Waals surface area contributed by atoms with Crippen molar-refractivity contribution in [3.05, 3.63) is 40.3 Å². The van der Waals surface area contributed by atoms with Gasteiger partial charge in [0.2, 0.25) is 5.91 Å². The topological polar surface area (TPSA) is 64.6 Å². The number of thiophene rings is 1. The molecule has 0 radical (unpaired) electrons. The number of aryl methyl sites for hydroxylation is 1. The number of ether oxygens (including phenoxy) is 2. The summed E-state index contributed by atoms with van der Waals surface area (Å²) in [7, 11) is 3.00. The Bertz CT molecular complexity index is 829. The number of rotatable bonds is 6. The molecular weight excluding hydrogens is 382 g/mol. The Hall–Kier alpha value is -1.99. The second kappa shape index (κ2) is 8.80. The molecule has 0 spiro atoms. The number of fused-ring (bicyclic) bond motifs is 1. The van der Waals surface area contributed by atoms with Gasteiger partial charge in [0.15, 0.2) is 0 Å². The van der Waals surface area contributed by atoms with Gasteiger partial charge < -0.3 is 14.8 Å². The molecule has 0 bridgehead atoms. The number of hydrogen-bond donors (Lipinski definition) is 1. The number of nitrogens with one attached hydrogen (secondary N) is 1. The van der Waals surface area contributed by atoms with Gasteiger partial charge in [-0.15, -0.1) is 23.1 Å². The third-order valence-electron chi connectivity index (χ3n) is 4.54. The summed E-state index contributed by atoms with van der Waals surface area (Å²) in [6.07, 6.45) is 3.99. The van der Waals surface area contributed by atoms with Crippen LogP contribution in [0.15, 0.2) is 29.2 Å². The predicted molar refractivity (Wildman–Crippen MR) is 109 cm³/mol. The lowest BCUT2D eigenvalue weighted by Gasteiger charge is -2.13. The molecule has 144 valence electrons. The van der Waals surface area contributed by atoms with Gasteiger partial charge >= 0.3 is 5.97 Å². The highest BCUT2D eigenvalue weighted by atomic mass is 32.2. The molecule has 1 aromatic carbocycles. The Morgan fingerprint density at radius 2 is 1.85 bits per heavy atom. The first-order valence-corrected chi connectivity index (χ1v) is 10.6. The molecule has 0 fully saturated rings. The van der Waals surface area contributed by atoms with Gasteiger partial charge in [0, 0.05) is 9.77 Å². The molecule has 3 rings (SSSR count). The van der Waals surface area contributed by atoms with E-state index < -0.39 is 0 Å². The third-order valence-corrected chi connectivity index (χ3v) is 6.86. The summed E-state index contributed by atoms with van der Waals surface area (Å²) >= 11 is 2.97. The first-order chi connectivity index (χ1) is 13.0. The van der Waals surface area contributed by atoms with Crippen LogP contribution in [0.3, 0.4) is 0 Å². The smallest absolute Gasteiger partial charge is 0.341 e. The number of benzene rings is 1. The minimum absolute atomic E-state index is 0.125. The summed E-state index contributed by atoms with van der Waals surface area (Å²) in [5.41, 5.74) is 1.58. The van der Waals surface area contributed by atoms with Crippen LogP contribution in [0.5, 0.6) is 5.75 Å². The lowest BCUT2D eigenvalue weighted by molar-refractivity contribution is -0.115. The minimum Gasteiger partial charge on any atom is -0.497 e. The summed E-state index contributed by atoms with van der Waals surface area (Å²) in [5, 5.41) is 3.27. The Morgan fingerprint density at radius 1 is 1.15 bits per heavy atom. The van der Waals surface area contributed by atoms with Crippen molar-refractivity contribution < 1.29 is 19.1 Å². The Kier molecular flexibility index (Phi) is 6.44. The fourth-order valence-corrected chi connectivity index (χ4v) is 5.25. The minimum atomic E-state index is -0.375. The molecule has 1 heterocycles. The van der Waals surface area contributed by atoms with Crippen molar-refractivity contribution in [1.82, 2.24) is 0 Å². The van der Waals surface area contributed by atoms with Crippen molar-refractivity contribution in [2.75, 3.05) is 19.5 Å².